The fraction of sp³-hybridized carbons (Fsp3) is 0.600. The quantitative estimate of drug-likeness (QED) is 0.746. The minimum atomic E-state index is -0.453. The lowest BCUT2D eigenvalue weighted by molar-refractivity contribution is 0.0321. The van der Waals surface area contributed by atoms with Crippen LogP contribution in [0, 0.1) is 11.8 Å². The summed E-state index contributed by atoms with van der Waals surface area (Å²) in [5, 5.41) is 18.7. The molecular weight excluding hydrogens is 228 g/mol. The van der Waals surface area contributed by atoms with Crippen LogP contribution >= 0.6 is 0 Å². The van der Waals surface area contributed by atoms with E-state index in [-0.39, 0.29) is 18.4 Å². The number of hydrogen-bond acceptors (Lipinski definition) is 3. The second-order valence-corrected chi connectivity index (χ2v) is 5.07. The van der Waals surface area contributed by atoms with Crippen molar-refractivity contribution in [1.29, 1.82) is 0 Å². The minimum absolute atomic E-state index is 0.0265. The van der Waals surface area contributed by atoms with Gasteiger partial charge < -0.3 is 14.9 Å². The summed E-state index contributed by atoms with van der Waals surface area (Å²) in [5.74, 6) is 0.222. The maximum atomic E-state index is 9.79. The summed E-state index contributed by atoms with van der Waals surface area (Å²) in [6.45, 7) is 5.17. The molecule has 0 unspecified atom stereocenters. The number of benzene rings is 1. The SMILES string of the molecule is C[C@@H](COCc1ccccc1)C[C@@H](O)[C@@H](C)CO. The lowest BCUT2D eigenvalue weighted by Gasteiger charge is -2.20. The van der Waals surface area contributed by atoms with Crippen LogP contribution in [0.4, 0.5) is 0 Å². The monoisotopic (exact) mass is 252 g/mol. The fourth-order valence-electron chi connectivity index (χ4n) is 1.79. The summed E-state index contributed by atoms with van der Waals surface area (Å²) in [6.07, 6.45) is 0.210. The van der Waals surface area contributed by atoms with Crippen molar-refractivity contribution in [1.82, 2.24) is 0 Å². The zero-order chi connectivity index (χ0) is 13.4. The third kappa shape index (κ3) is 5.63. The molecule has 2 N–H and O–H groups in total. The molecule has 0 radical (unpaired) electrons. The highest BCUT2D eigenvalue weighted by Crippen LogP contribution is 2.14. The summed E-state index contributed by atoms with van der Waals surface area (Å²) in [6, 6.07) is 10.0. The highest BCUT2D eigenvalue weighted by Gasteiger charge is 2.16. The van der Waals surface area contributed by atoms with Gasteiger partial charge in [-0.1, -0.05) is 44.2 Å². The van der Waals surface area contributed by atoms with Crippen molar-refractivity contribution in [2.24, 2.45) is 11.8 Å². The first-order chi connectivity index (χ1) is 8.63. The van der Waals surface area contributed by atoms with E-state index in [2.05, 4.69) is 6.92 Å². The number of ether oxygens (including phenoxy) is 1. The van der Waals surface area contributed by atoms with E-state index in [0.717, 1.165) is 5.56 Å². The second-order valence-electron chi connectivity index (χ2n) is 5.07. The number of hydrogen-bond donors (Lipinski definition) is 2. The third-order valence-electron chi connectivity index (χ3n) is 3.10. The molecule has 18 heavy (non-hydrogen) atoms. The Kier molecular flexibility index (Phi) is 6.94. The molecule has 0 saturated carbocycles. The Morgan fingerprint density at radius 1 is 1.17 bits per heavy atom. The maximum absolute atomic E-state index is 9.79. The zero-order valence-corrected chi connectivity index (χ0v) is 11.2. The van der Waals surface area contributed by atoms with Gasteiger partial charge in [0.2, 0.25) is 0 Å². The number of aliphatic hydroxyl groups excluding tert-OH is 2. The first-order valence-electron chi connectivity index (χ1n) is 6.54. The highest BCUT2D eigenvalue weighted by molar-refractivity contribution is 5.13. The van der Waals surface area contributed by atoms with E-state index in [1.54, 1.807) is 0 Å². The number of rotatable bonds is 8. The Labute approximate surface area is 109 Å². The Bertz CT molecular complexity index is 313. The van der Waals surface area contributed by atoms with Gasteiger partial charge in [0.1, 0.15) is 0 Å². The van der Waals surface area contributed by atoms with Crippen LogP contribution in [0.5, 0.6) is 0 Å². The first-order valence-corrected chi connectivity index (χ1v) is 6.54. The number of aliphatic hydroxyl groups is 2. The minimum Gasteiger partial charge on any atom is -0.396 e. The summed E-state index contributed by atoms with van der Waals surface area (Å²) < 4.78 is 5.62. The van der Waals surface area contributed by atoms with Gasteiger partial charge in [0.05, 0.1) is 12.7 Å². The molecule has 0 aliphatic carbocycles. The van der Waals surface area contributed by atoms with E-state index in [1.807, 2.05) is 37.3 Å². The van der Waals surface area contributed by atoms with Gasteiger partial charge in [-0.2, -0.15) is 0 Å². The molecule has 0 aromatic heterocycles. The molecule has 3 heteroatoms. The van der Waals surface area contributed by atoms with Crippen molar-refractivity contribution in [3.05, 3.63) is 35.9 Å². The summed E-state index contributed by atoms with van der Waals surface area (Å²) in [4.78, 5) is 0. The zero-order valence-electron chi connectivity index (χ0n) is 11.2. The fourth-order valence-corrected chi connectivity index (χ4v) is 1.79. The van der Waals surface area contributed by atoms with Crippen LogP contribution < -0.4 is 0 Å². The average Bonchev–Trinajstić information content (AvgIpc) is 2.38. The molecular formula is C15H24O3. The standard InChI is InChI=1S/C15H24O3/c1-12(8-15(17)13(2)9-16)10-18-11-14-6-4-3-5-7-14/h3-7,12-13,15-17H,8-11H2,1-2H3/t12-,13+,15-/m1/s1. The van der Waals surface area contributed by atoms with E-state index in [0.29, 0.717) is 19.6 Å². The van der Waals surface area contributed by atoms with E-state index in [4.69, 9.17) is 9.84 Å². The lowest BCUT2D eigenvalue weighted by atomic mass is 9.96. The van der Waals surface area contributed by atoms with Crippen LogP contribution in [-0.4, -0.2) is 29.5 Å². The topological polar surface area (TPSA) is 49.7 Å². The van der Waals surface area contributed by atoms with E-state index < -0.39 is 6.10 Å². The van der Waals surface area contributed by atoms with Gasteiger partial charge in [0.15, 0.2) is 0 Å². The van der Waals surface area contributed by atoms with Gasteiger partial charge in [-0.15, -0.1) is 0 Å². The molecule has 0 saturated heterocycles. The third-order valence-corrected chi connectivity index (χ3v) is 3.10. The maximum Gasteiger partial charge on any atom is 0.0717 e. The first kappa shape index (κ1) is 15.2. The summed E-state index contributed by atoms with van der Waals surface area (Å²) >= 11 is 0. The van der Waals surface area contributed by atoms with Crippen LogP contribution in [0.15, 0.2) is 30.3 Å². The van der Waals surface area contributed by atoms with E-state index >= 15 is 0 Å². The van der Waals surface area contributed by atoms with Gasteiger partial charge in [-0.25, -0.2) is 0 Å². The molecule has 0 spiro atoms. The Hall–Kier alpha value is -0.900. The van der Waals surface area contributed by atoms with Crippen LogP contribution in [-0.2, 0) is 11.3 Å². The molecule has 1 aromatic rings. The molecule has 102 valence electrons. The molecule has 3 nitrogen and oxygen atoms in total. The van der Waals surface area contributed by atoms with E-state index in [9.17, 15) is 5.11 Å². The van der Waals surface area contributed by atoms with Crippen LogP contribution in [0.25, 0.3) is 0 Å². The molecule has 0 fully saturated rings. The molecule has 0 heterocycles. The molecule has 1 aromatic carbocycles. The largest absolute Gasteiger partial charge is 0.396 e. The Morgan fingerprint density at radius 3 is 2.44 bits per heavy atom. The average molecular weight is 252 g/mol. The Morgan fingerprint density at radius 2 is 1.83 bits per heavy atom. The summed E-state index contributed by atoms with van der Waals surface area (Å²) in [5.41, 5.74) is 1.16. The normalized spacial score (nSPS) is 16.2. The van der Waals surface area contributed by atoms with Gasteiger partial charge in [-0.3, -0.25) is 0 Å². The van der Waals surface area contributed by atoms with Gasteiger partial charge in [0.25, 0.3) is 0 Å². The molecule has 0 aliphatic rings. The van der Waals surface area contributed by atoms with Crippen molar-refractivity contribution < 1.29 is 14.9 Å². The lowest BCUT2D eigenvalue weighted by Crippen LogP contribution is -2.24. The molecule has 0 bridgehead atoms. The highest BCUT2D eigenvalue weighted by atomic mass is 16.5. The Balaban J connectivity index is 2.19. The van der Waals surface area contributed by atoms with Crippen LogP contribution in [0.2, 0.25) is 0 Å². The van der Waals surface area contributed by atoms with Crippen molar-refractivity contribution in [3.8, 4) is 0 Å². The molecule has 0 amide bonds. The predicted molar refractivity (Wildman–Crippen MR) is 72.1 cm³/mol. The molecule has 1 rings (SSSR count). The smallest absolute Gasteiger partial charge is 0.0717 e. The summed E-state index contributed by atoms with van der Waals surface area (Å²) in [7, 11) is 0. The molecule has 0 aliphatic heterocycles. The van der Waals surface area contributed by atoms with Crippen molar-refractivity contribution in [2.75, 3.05) is 13.2 Å². The predicted octanol–water partition coefficient (Wildman–Crippen LogP) is 2.22. The van der Waals surface area contributed by atoms with Crippen molar-refractivity contribution >= 4 is 0 Å². The van der Waals surface area contributed by atoms with Gasteiger partial charge in [-0.05, 0) is 17.9 Å². The van der Waals surface area contributed by atoms with Gasteiger partial charge >= 0.3 is 0 Å². The van der Waals surface area contributed by atoms with Crippen LogP contribution in [0.1, 0.15) is 25.8 Å². The van der Waals surface area contributed by atoms with Crippen molar-refractivity contribution in [2.45, 2.75) is 33.0 Å². The van der Waals surface area contributed by atoms with E-state index in [1.165, 1.54) is 0 Å². The van der Waals surface area contributed by atoms with Crippen molar-refractivity contribution in [3.63, 3.8) is 0 Å². The molecule has 3 atom stereocenters. The van der Waals surface area contributed by atoms with Gasteiger partial charge in [0, 0.05) is 19.1 Å². The second kappa shape index (κ2) is 8.25. The van der Waals surface area contributed by atoms with Crippen LogP contribution in [0.3, 0.4) is 0 Å².